The minimum Gasteiger partial charge on any atom is -0.312 e. The highest BCUT2D eigenvalue weighted by Gasteiger charge is 2.41. The lowest BCUT2D eigenvalue weighted by molar-refractivity contribution is -0.0250. The number of fused-ring (bicyclic) bond motifs is 2. The van der Waals surface area contributed by atoms with Gasteiger partial charge >= 0.3 is 0 Å². The Balaban J connectivity index is 1.69. The maximum atomic E-state index is 5.13. The summed E-state index contributed by atoms with van der Waals surface area (Å²) >= 11 is 0. The van der Waals surface area contributed by atoms with E-state index >= 15 is 0 Å². The number of nitrogens with zero attached hydrogens (tertiary/aromatic N) is 5. The van der Waals surface area contributed by atoms with Crippen molar-refractivity contribution in [3.8, 4) is 0 Å². The van der Waals surface area contributed by atoms with Crippen LogP contribution in [0.5, 0.6) is 0 Å². The van der Waals surface area contributed by atoms with Crippen LogP contribution in [0, 0.1) is 18.3 Å². The van der Waals surface area contributed by atoms with Crippen molar-refractivity contribution < 1.29 is 0 Å². The highest BCUT2D eigenvalue weighted by atomic mass is 15.5. The van der Waals surface area contributed by atoms with E-state index in [1.54, 1.807) is 0 Å². The van der Waals surface area contributed by atoms with Gasteiger partial charge in [0.05, 0.1) is 16.6 Å². The predicted octanol–water partition coefficient (Wildman–Crippen LogP) is 5.61. The average molecular weight is 441 g/mol. The molecule has 1 fully saturated rings. The van der Waals surface area contributed by atoms with Gasteiger partial charge < -0.3 is 4.98 Å². The number of rotatable bonds is 7. The highest BCUT2D eigenvalue weighted by molar-refractivity contribution is 5.85. The molecule has 2 bridgehead atoms. The van der Waals surface area contributed by atoms with Gasteiger partial charge in [-0.3, -0.25) is 5.01 Å². The van der Waals surface area contributed by atoms with Crippen LogP contribution in [0.3, 0.4) is 0 Å². The first-order valence-corrected chi connectivity index (χ1v) is 12.2. The summed E-state index contributed by atoms with van der Waals surface area (Å²) in [6.45, 7) is 24.5. The topological polar surface area (TPSA) is 69.5 Å². The van der Waals surface area contributed by atoms with Crippen LogP contribution in [0.2, 0.25) is 0 Å². The first-order valence-electron chi connectivity index (χ1n) is 12.2. The van der Waals surface area contributed by atoms with E-state index in [-0.39, 0.29) is 22.0 Å². The fourth-order valence-corrected chi connectivity index (χ4v) is 5.52. The second-order valence-corrected chi connectivity index (χ2v) is 12.7. The van der Waals surface area contributed by atoms with Crippen LogP contribution >= 0.6 is 0 Å². The lowest BCUT2D eigenvalue weighted by atomic mass is 9.82. The zero-order chi connectivity index (χ0) is 23.9. The van der Waals surface area contributed by atoms with Gasteiger partial charge in [0.25, 0.3) is 0 Å². The van der Waals surface area contributed by atoms with Gasteiger partial charge in [0.2, 0.25) is 5.62 Å². The zero-order valence-corrected chi connectivity index (χ0v) is 21.9. The summed E-state index contributed by atoms with van der Waals surface area (Å²) in [6, 6.07) is 0. The van der Waals surface area contributed by atoms with Crippen molar-refractivity contribution in [3.05, 3.63) is 30.1 Å². The van der Waals surface area contributed by atoms with Crippen molar-refractivity contribution in [1.82, 2.24) is 20.0 Å². The number of hydrogen-bond acceptors (Lipinski definition) is 5. The smallest absolute Gasteiger partial charge is 0.225 e. The molecule has 6 heteroatoms. The summed E-state index contributed by atoms with van der Waals surface area (Å²) in [5, 5.41) is 7.47. The van der Waals surface area contributed by atoms with Crippen molar-refractivity contribution in [1.29, 1.82) is 0 Å². The molecule has 0 amide bonds. The van der Waals surface area contributed by atoms with Gasteiger partial charge in [0.15, 0.2) is 0 Å². The largest absolute Gasteiger partial charge is 0.312 e. The third-order valence-electron chi connectivity index (χ3n) is 6.50. The quantitative estimate of drug-likeness (QED) is 0.560. The number of aromatic nitrogens is 3. The van der Waals surface area contributed by atoms with Crippen LogP contribution in [0.4, 0.5) is 0 Å². The molecule has 6 nitrogen and oxygen atoms in total. The van der Waals surface area contributed by atoms with E-state index in [4.69, 9.17) is 10.1 Å². The third kappa shape index (κ3) is 5.79. The van der Waals surface area contributed by atoms with E-state index in [2.05, 4.69) is 89.2 Å². The van der Waals surface area contributed by atoms with E-state index in [9.17, 15) is 0 Å². The molecule has 3 heterocycles. The summed E-state index contributed by atoms with van der Waals surface area (Å²) in [7, 11) is 0. The summed E-state index contributed by atoms with van der Waals surface area (Å²) in [6.07, 6.45) is 7.07. The Morgan fingerprint density at radius 2 is 1.69 bits per heavy atom. The van der Waals surface area contributed by atoms with E-state index in [1.807, 2.05) is 0 Å². The molecule has 2 aliphatic rings. The second kappa shape index (κ2) is 8.57. The number of nitrogens with one attached hydrogen (secondary N) is 1. The molecule has 3 rings (SSSR count). The van der Waals surface area contributed by atoms with Crippen molar-refractivity contribution >= 4 is 5.71 Å². The molecule has 178 valence electrons. The van der Waals surface area contributed by atoms with Crippen LogP contribution in [0.25, 0.3) is 0 Å². The number of hydrogen-bond donors (Lipinski definition) is 1. The molecular formula is C26H44N6. The van der Waals surface area contributed by atoms with Gasteiger partial charge in [0.1, 0.15) is 17.6 Å². The minimum absolute atomic E-state index is 0.0727. The Morgan fingerprint density at radius 3 is 2.19 bits per heavy atom. The molecule has 1 saturated heterocycles. The Hall–Kier alpha value is -1.72. The maximum absolute atomic E-state index is 5.13. The number of H-pyrrole nitrogens is 1. The molecule has 1 aromatic rings. The Labute approximate surface area is 195 Å². The van der Waals surface area contributed by atoms with Crippen molar-refractivity contribution in [2.24, 2.45) is 15.5 Å². The van der Waals surface area contributed by atoms with Gasteiger partial charge in [-0.2, -0.15) is 10.1 Å². The highest BCUT2D eigenvalue weighted by Crippen LogP contribution is 2.39. The van der Waals surface area contributed by atoms with E-state index in [0.717, 1.165) is 43.0 Å². The molecule has 0 unspecified atom stereocenters. The normalized spacial score (nSPS) is 21.6. The molecule has 2 aliphatic heterocycles. The van der Waals surface area contributed by atoms with Gasteiger partial charge in [0, 0.05) is 5.71 Å². The Bertz CT molecular complexity index is 872. The minimum atomic E-state index is -0.170. The number of aromatic amines is 1. The molecule has 0 atom stereocenters. The summed E-state index contributed by atoms with van der Waals surface area (Å²) in [5.74, 6) is 2.93. The van der Waals surface area contributed by atoms with Gasteiger partial charge in [-0.25, -0.2) is 9.98 Å². The molecule has 0 spiro atoms. The van der Waals surface area contributed by atoms with Crippen molar-refractivity contribution in [3.63, 3.8) is 0 Å². The van der Waals surface area contributed by atoms with Crippen molar-refractivity contribution in [2.75, 3.05) is 0 Å². The fraction of sp³-hybridized carbons (Fsp3) is 0.769. The summed E-state index contributed by atoms with van der Waals surface area (Å²) in [4.78, 5) is 17.4. The van der Waals surface area contributed by atoms with E-state index in [0.29, 0.717) is 5.62 Å². The van der Waals surface area contributed by atoms with Crippen molar-refractivity contribution in [2.45, 2.75) is 124 Å². The third-order valence-corrected chi connectivity index (χ3v) is 6.50. The van der Waals surface area contributed by atoms with E-state index in [1.165, 1.54) is 25.2 Å². The molecule has 2 radical (unpaired) electrons. The maximum Gasteiger partial charge on any atom is 0.225 e. The zero-order valence-electron chi connectivity index (χ0n) is 21.9. The average Bonchev–Trinajstić information content (AvgIpc) is 2.60. The molecule has 32 heavy (non-hydrogen) atoms. The first-order chi connectivity index (χ1) is 14.6. The monoisotopic (exact) mass is 440 g/mol. The molecule has 0 aliphatic carbocycles. The van der Waals surface area contributed by atoms with Crippen LogP contribution in [0.1, 0.15) is 119 Å². The first kappa shape index (κ1) is 24.9. The molecular weight excluding hydrogens is 396 g/mol. The van der Waals surface area contributed by atoms with Gasteiger partial charge in [-0.05, 0) is 98.8 Å². The standard InChI is InChI=1S/C26H44N6/c1-11-18(31-32-25(7,8)15-12-16-26(32,9)10)13-14-19-20-27-21(19)29-22(28-20)30-24(5,6)17-23(2,3)4/h1,11-17H2,2-10H3,(H,27,28,29,30). The lowest BCUT2D eigenvalue weighted by Crippen LogP contribution is -2.55. The van der Waals surface area contributed by atoms with Crippen LogP contribution < -0.4 is 5.62 Å². The summed E-state index contributed by atoms with van der Waals surface area (Å²) < 4.78 is 0. The molecule has 1 aromatic heterocycles. The van der Waals surface area contributed by atoms with Crippen LogP contribution in [-0.4, -0.2) is 42.3 Å². The van der Waals surface area contributed by atoms with Gasteiger partial charge in [-0.15, -0.1) is 0 Å². The Morgan fingerprint density at radius 1 is 1.06 bits per heavy atom. The van der Waals surface area contributed by atoms with E-state index < -0.39 is 0 Å². The molecule has 0 saturated carbocycles. The second-order valence-electron chi connectivity index (χ2n) is 12.7. The van der Waals surface area contributed by atoms with Gasteiger partial charge in [-0.1, -0.05) is 20.8 Å². The lowest BCUT2D eigenvalue weighted by Gasteiger charge is -2.51. The SMILES string of the molecule is [CH2]CC(CC[C]1c2nc1[nH]c(=NC(C)(C)CC(C)(C)C)n2)=NN1C(C)(C)CCCC1(C)C. The molecule has 1 N–H and O–H groups in total. The predicted molar refractivity (Wildman–Crippen MR) is 132 cm³/mol. The number of piperidine rings is 1. The van der Waals surface area contributed by atoms with Crippen LogP contribution in [-0.2, 0) is 0 Å². The number of hydrazone groups is 1. The van der Waals surface area contributed by atoms with Crippen LogP contribution in [0.15, 0.2) is 10.1 Å². The Kier molecular flexibility index (Phi) is 6.67. The molecule has 0 aromatic carbocycles. The fourth-order valence-electron chi connectivity index (χ4n) is 5.52. The summed E-state index contributed by atoms with van der Waals surface area (Å²) in [5.41, 5.74) is 2.02.